The van der Waals surface area contributed by atoms with Crippen molar-refractivity contribution in [3.8, 4) is 0 Å². The van der Waals surface area contributed by atoms with Crippen molar-refractivity contribution >= 4 is 5.91 Å². The van der Waals surface area contributed by atoms with Gasteiger partial charge in [0.2, 0.25) is 5.91 Å². The quantitative estimate of drug-likeness (QED) is 0.676. The molecule has 80 valence electrons. The molecule has 0 bridgehead atoms. The third-order valence-electron chi connectivity index (χ3n) is 3.20. The minimum absolute atomic E-state index is 0.297. The van der Waals surface area contributed by atoms with Crippen LogP contribution in [0.4, 0.5) is 0 Å². The van der Waals surface area contributed by atoms with Gasteiger partial charge in [0.05, 0.1) is 0 Å². The molecule has 0 radical (unpaired) electrons. The Morgan fingerprint density at radius 1 is 1.43 bits per heavy atom. The van der Waals surface area contributed by atoms with Gasteiger partial charge in [0.1, 0.15) is 0 Å². The zero-order valence-corrected chi connectivity index (χ0v) is 9.47. The van der Waals surface area contributed by atoms with Gasteiger partial charge in [-0.1, -0.05) is 27.4 Å². The van der Waals surface area contributed by atoms with Crippen molar-refractivity contribution in [2.75, 3.05) is 0 Å². The van der Waals surface area contributed by atoms with Gasteiger partial charge in [-0.25, -0.2) is 0 Å². The Labute approximate surface area is 86.6 Å². The average Bonchev–Trinajstić information content (AvgIpc) is 1.98. The summed E-state index contributed by atoms with van der Waals surface area (Å²) in [5, 5.41) is 0. The van der Waals surface area contributed by atoms with Crippen molar-refractivity contribution in [3.05, 3.63) is 12.2 Å². The van der Waals surface area contributed by atoms with E-state index in [1.54, 1.807) is 0 Å². The van der Waals surface area contributed by atoms with Gasteiger partial charge in [-0.15, -0.1) is 0 Å². The molecule has 1 saturated carbocycles. The van der Waals surface area contributed by atoms with E-state index < -0.39 is 0 Å². The highest BCUT2D eigenvalue weighted by molar-refractivity contribution is 5.91. The van der Waals surface area contributed by atoms with Crippen molar-refractivity contribution < 1.29 is 4.79 Å². The van der Waals surface area contributed by atoms with Crippen LogP contribution < -0.4 is 5.73 Å². The van der Waals surface area contributed by atoms with Crippen LogP contribution in [0.3, 0.4) is 0 Å². The van der Waals surface area contributed by atoms with E-state index >= 15 is 0 Å². The topological polar surface area (TPSA) is 43.1 Å². The molecule has 0 aromatic heterocycles. The molecule has 2 atom stereocenters. The summed E-state index contributed by atoms with van der Waals surface area (Å²) >= 11 is 0. The smallest absolute Gasteiger partial charge is 0.244 e. The fourth-order valence-electron chi connectivity index (χ4n) is 2.81. The van der Waals surface area contributed by atoms with Crippen molar-refractivity contribution in [3.63, 3.8) is 0 Å². The predicted octanol–water partition coefficient (Wildman–Crippen LogP) is 2.49. The van der Waals surface area contributed by atoms with Crippen molar-refractivity contribution in [1.29, 1.82) is 0 Å². The summed E-state index contributed by atoms with van der Waals surface area (Å²) in [6.07, 6.45) is 3.33. The van der Waals surface area contributed by atoms with Crippen LogP contribution in [0.5, 0.6) is 0 Å². The molecule has 0 saturated heterocycles. The Hall–Kier alpha value is -0.790. The van der Waals surface area contributed by atoms with E-state index in [-0.39, 0.29) is 5.91 Å². The van der Waals surface area contributed by atoms with Crippen LogP contribution in [0.1, 0.15) is 40.0 Å². The first-order valence-electron chi connectivity index (χ1n) is 5.30. The minimum atomic E-state index is -0.333. The van der Waals surface area contributed by atoms with Crippen LogP contribution in [0, 0.1) is 17.3 Å². The fraction of sp³-hybridized carbons (Fsp3) is 0.750. The molecule has 0 aromatic rings. The Kier molecular flexibility index (Phi) is 3.03. The summed E-state index contributed by atoms with van der Waals surface area (Å²) < 4.78 is 0. The maximum Gasteiger partial charge on any atom is 0.244 e. The molecule has 0 aliphatic heterocycles. The van der Waals surface area contributed by atoms with Gasteiger partial charge >= 0.3 is 0 Å². The summed E-state index contributed by atoms with van der Waals surface area (Å²) in [6, 6.07) is 0. The van der Waals surface area contributed by atoms with E-state index in [0.29, 0.717) is 22.8 Å². The van der Waals surface area contributed by atoms with Gasteiger partial charge in [0.15, 0.2) is 0 Å². The summed E-state index contributed by atoms with van der Waals surface area (Å²) in [5.41, 5.74) is 6.20. The molecule has 0 heterocycles. The Morgan fingerprint density at radius 3 is 2.43 bits per heavy atom. The number of primary amides is 1. The van der Waals surface area contributed by atoms with Crippen LogP contribution in [-0.2, 0) is 4.79 Å². The molecule has 2 nitrogen and oxygen atoms in total. The van der Waals surface area contributed by atoms with E-state index in [4.69, 9.17) is 5.73 Å². The average molecular weight is 195 g/mol. The van der Waals surface area contributed by atoms with E-state index in [2.05, 4.69) is 27.4 Å². The second kappa shape index (κ2) is 3.76. The monoisotopic (exact) mass is 195 g/mol. The standard InChI is InChI=1S/C12H21NO/c1-8-5-10(9(2)11(13)14)7-12(3,4)6-8/h8,10H,2,5-7H2,1,3-4H3,(H2,13,14). The van der Waals surface area contributed by atoms with Gasteiger partial charge in [0, 0.05) is 5.57 Å². The molecule has 2 heteroatoms. The molecule has 2 unspecified atom stereocenters. The lowest BCUT2D eigenvalue weighted by molar-refractivity contribution is -0.115. The molecule has 0 aromatic carbocycles. The molecule has 14 heavy (non-hydrogen) atoms. The summed E-state index contributed by atoms with van der Waals surface area (Å²) in [5.74, 6) is 0.631. The number of rotatable bonds is 2. The molecule has 2 N–H and O–H groups in total. The molecule has 1 aliphatic carbocycles. The number of amides is 1. The van der Waals surface area contributed by atoms with E-state index in [1.807, 2.05) is 0 Å². The van der Waals surface area contributed by atoms with Gasteiger partial charge < -0.3 is 5.73 Å². The van der Waals surface area contributed by atoms with Crippen molar-refractivity contribution in [2.45, 2.75) is 40.0 Å². The number of nitrogens with two attached hydrogens (primary N) is 1. The summed E-state index contributed by atoms with van der Waals surface area (Å²) in [7, 11) is 0. The SMILES string of the molecule is C=C(C(N)=O)C1CC(C)CC(C)(C)C1. The van der Waals surface area contributed by atoms with E-state index in [0.717, 1.165) is 12.8 Å². The Bertz CT molecular complexity index is 255. The number of carbonyl (C=O) groups is 1. The number of carbonyl (C=O) groups excluding carboxylic acids is 1. The molecule has 1 fully saturated rings. The second-order valence-corrected chi connectivity index (χ2v) is 5.50. The lowest BCUT2D eigenvalue weighted by atomic mass is 9.66. The third kappa shape index (κ3) is 2.60. The molecular weight excluding hydrogens is 174 g/mol. The van der Waals surface area contributed by atoms with Gasteiger partial charge in [-0.3, -0.25) is 4.79 Å². The lowest BCUT2D eigenvalue weighted by Crippen LogP contribution is -2.31. The Morgan fingerprint density at radius 2 is 2.00 bits per heavy atom. The van der Waals surface area contributed by atoms with Crippen LogP contribution in [0.25, 0.3) is 0 Å². The molecule has 1 amide bonds. The maximum atomic E-state index is 11.0. The summed E-state index contributed by atoms with van der Waals surface area (Å²) in [6.45, 7) is 10.5. The largest absolute Gasteiger partial charge is 0.366 e. The predicted molar refractivity (Wildman–Crippen MR) is 58.6 cm³/mol. The lowest BCUT2D eigenvalue weighted by Gasteiger charge is -2.39. The summed E-state index contributed by atoms with van der Waals surface area (Å²) in [4.78, 5) is 11.0. The molecule has 1 aliphatic rings. The number of hydrogen-bond acceptors (Lipinski definition) is 1. The highest BCUT2D eigenvalue weighted by Crippen LogP contribution is 2.43. The zero-order chi connectivity index (χ0) is 10.9. The second-order valence-electron chi connectivity index (χ2n) is 5.50. The highest BCUT2D eigenvalue weighted by atomic mass is 16.1. The minimum Gasteiger partial charge on any atom is -0.366 e. The zero-order valence-electron chi connectivity index (χ0n) is 9.47. The molecule has 1 rings (SSSR count). The van der Waals surface area contributed by atoms with Crippen LogP contribution in [0.2, 0.25) is 0 Å². The maximum absolute atomic E-state index is 11.0. The van der Waals surface area contributed by atoms with Crippen molar-refractivity contribution in [2.24, 2.45) is 23.0 Å². The highest BCUT2D eigenvalue weighted by Gasteiger charge is 2.34. The first-order chi connectivity index (χ1) is 6.32. The van der Waals surface area contributed by atoms with E-state index in [9.17, 15) is 4.79 Å². The van der Waals surface area contributed by atoms with Crippen LogP contribution in [0.15, 0.2) is 12.2 Å². The molecule has 0 spiro atoms. The number of hydrogen-bond donors (Lipinski definition) is 1. The third-order valence-corrected chi connectivity index (χ3v) is 3.20. The first-order valence-corrected chi connectivity index (χ1v) is 5.30. The van der Waals surface area contributed by atoms with Crippen LogP contribution in [-0.4, -0.2) is 5.91 Å². The van der Waals surface area contributed by atoms with Crippen molar-refractivity contribution in [1.82, 2.24) is 0 Å². The molecular formula is C12H21NO. The van der Waals surface area contributed by atoms with Crippen LogP contribution >= 0.6 is 0 Å². The van der Waals surface area contributed by atoms with E-state index in [1.165, 1.54) is 6.42 Å². The fourth-order valence-corrected chi connectivity index (χ4v) is 2.81. The van der Waals surface area contributed by atoms with Gasteiger partial charge in [-0.2, -0.15) is 0 Å². The van der Waals surface area contributed by atoms with Gasteiger partial charge in [-0.05, 0) is 36.5 Å². The Balaban J connectivity index is 2.72. The normalized spacial score (nSPS) is 31.1. The first kappa shape index (κ1) is 11.3. The van der Waals surface area contributed by atoms with Gasteiger partial charge in [0.25, 0.3) is 0 Å².